The van der Waals surface area contributed by atoms with E-state index in [0.29, 0.717) is 6.54 Å². The van der Waals surface area contributed by atoms with Crippen LogP contribution in [-0.2, 0) is 19.3 Å². The molecule has 2 aliphatic heterocycles. The van der Waals surface area contributed by atoms with E-state index in [1.165, 1.54) is 18.9 Å². The van der Waals surface area contributed by atoms with E-state index in [4.69, 9.17) is 0 Å². The fourth-order valence-corrected chi connectivity index (χ4v) is 4.76. The van der Waals surface area contributed by atoms with Crippen LogP contribution in [0.15, 0.2) is 17.2 Å². The molecule has 0 saturated carbocycles. The van der Waals surface area contributed by atoms with E-state index in [-0.39, 0.29) is 22.9 Å². The quantitative estimate of drug-likeness (QED) is 0.828. The SMILES string of the molecule is CCN1C(=O)[C@]2(SC(NC(C)=O)=NN2C(C)=O)c2cc(C)cc(C)c21. The number of thioether (sulfide) groups is 1. The van der Waals surface area contributed by atoms with Crippen molar-refractivity contribution < 1.29 is 14.4 Å². The molecule has 2 aliphatic rings. The van der Waals surface area contributed by atoms with Gasteiger partial charge in [0.25, 0.3) is 5.91 Å². The first-order valence-electron chi connectivity index (χ1n) is 8.02. The maximum absolute atomic E-state index is 13.4. The van der Waals surface area contributed by atoms with Gasteiger partial charge in [-0.25, -0.2) is 0 Å². The fourth-order valence-electron chi connectivity index (χ4n) is 3.44. The highest BCUT2D eigenvalue weighted by Crippen LogP contribution is 2.55. The summed E-state index contributed by atoms with van der Waals surface area (Å²) in [5.74, 6) is -0.877. The van der Waals surface area contributed by atoms with Gasteiger partial charge < -0.3 is 10.2 Å². The van der Waals surface area contributed by atoms with Crippen molar-refractivity contribution in [3.8, 4) is 0 Å². The van der Waals surface area contributed by atoms with Gasteiger partial charge in [-0.3, -0.25) is 14.4 Å². The number of hydrazone groups is 1. The third kappa shape index (κ3) is 2.43. The number of rotatable bonds is 1. The minimum absolute atomic E-state index is 0.219. The number of carbonyl (C=O) groups excluding carboxylic acids is 3. The number of fused-ring (bicyclic) bond motifs is 2. The first-order valence-corrected chi connectivity index (χ1v) is 8.83. The van der Waals surface area contributed by atoms with Crippen molar-refractivity contribution >= 4 is 40.3 Å². The van der Waals surface area contributed by atoms with E-state index < -0.39 is 4.87 Å². The summed E-state index contributed by atoms with van der Waals surface area (Å²) in [4.78, 5) is 37.4. The number of hydrogen-bond donors (Lipinski definition) is 1. The summed E-state index contributed by atoms with van der Waals surface area (Å²) in [6, 6.07) is 3.94. The number of benzene rings is 1. The van der Waals surface area contributed by atoms with Crippen LogP contribution < -0.4 is 10.2 Å². The van der Waals surface area contributed by atoms with Gasteiger partial charge in [-0.1, -0.05) is 17.7 Å². The summed E-state index contributed by atoms with van der Waals surface area (Å²) in [6.45, 7) is 9.02. The van der Waals surface area contributed by atoms with Crippen molar-refractivity contribution in [2.45, 2.75) is 39.5 Å². The number of amides is 3. The van der Waals surface area contributed by atoms with E-state index in [9.17, 15) is 14.4 Å². The van der Waals surface area contributed by atoms with Crippen LogP contribution in [0.2, 0.25) is 0 Å². The summed E-state index contributed by atoms with van der Waals surface area (Å²) >= 11 is 1.10. The second-order valence-electron chi connectivity index (χ2n) is 6.19. The number of carbonyl (C=O) groups is 3. The molecule has 0 bridgehead atoms. The highest BCUT2D eigenvalue weighted by molar-refractivity contribution is 8.15. The summed E-state index contributed by atoms with van der Waals surface area (Å²) in [7, 11) is 0. The molecule has 1 aromatic carbocycles. The van der Waals surface area contributed by atoms with Crippen molar-refractivity contribution in [1.29, 1.82) is 0 Å². The average molecular weight is 360 g/mol. The van der Waals surface area contributed by atoms with E-state index in [1.54, 1.807) is 4.90 Å². The minimum Gasteiger partial charge on any atom is -0.309 e. The van der Waals surface area contributed by atoms with Gasteiger partial charge in [0.05, 0.1) is 5.69 Å². The fraction of sp³-hybridized carbons (Fsp3) is 0.412. The van der Waals surface area contributed by atoms with Crippen molar-refractivity contribution in [2.75, 3.05) is 11.4 Å². The molecule has 7 nitrogen and oxygen atoms in total. The van der Waals surface area contributed by atoms with Gasteiger partial charge in [-0.15, -0.1) is 5.10 Å². The highest BCUT2D eigenvalue weighted by atomic mass is 32.2. The molecule has 0 saturated heterocycles. The highest BCUT2D eigenvalue weighted by Gasteiger charge is 2.61. The first-order chi connectivity index (χ1) is 11.7. The standard InChI is InChI=1S/C17H20N4O3S/c1-6-20-14-10(3)7-9(2)8-13(14)17(15(20)24)21(12(5)23)19-16(25-17)18-11(4)22/h7-8H,6H2,1-5H3,(H,18,19,22)/t17-/m1/s1. The third-order valence-corrected chi connectivity index (χ3v) is 5.49. The van der Waals surface area contributed by atoms with Crippen LogP contribution in [0.4, 0.5) is 5.69 Å². The molecule has 1 atom stereocenters. The van der Waals surface area contributed by atoms with E-state index in [2.05, 4.69) is 10.4 Å². The van der Waals surface area contributed by atoms with Gasteiger partial charge in [0.15, 0.2) is 5.17 Å². The Kier molecular flexibility index (Phi) is 4.10. The topological polar surface area (TPSA) is 82.1 Å². The van der Waals surface area contributed by atoms with E-state index in [0.717, 1.165) is 34.1 Å². The summed E-state index contributed by atoms with van der Waals surface area (Å²) < 4.78 is 0. The number of anilines is 1. The van der Waals surface area contributed by atoms with Crippen LogP contribution in [-0.4, -0.2) is 34.4 Å². The predicted octanol–water partition coefficient (Wildman–Crippen LogP) is 1.83. The van der Waals surface area contributed by atoms with Gasteiger partial charge in [-0.05, 0) is 38.1 Å². The molecule has 0 aromatic heterocycles. The van der Waals surface area contributed by atoms with Gasteiger partial charge in [0, 0.05) is 26.0 Å². The van der Waals surface area contributed by atoms with Crippen LogP contribution in [0, 0.1) is 13.8 Å². The Morgan fingerprint density at radius 3 is 2.52 bits per heavy atom. The lowest BCUT2D eigenvalue weighted by Gasteiger charge is -2.29. The monoisotopic (exact) mass is 360 g/mol. The summed E-state index contributed by atoms with van der Waals surface area (Å²) in [5, 5.41) is 8.27. The number of likely N-dealkylation sites (N-methyl/N-ethyl adjacent to an activating group) is 1. The number of hydrogen-bond acceptors (Lipinski definition) is 5. The average Bonchev–Trinajstić information content (AvgIpc) is 2.98. The molecule has 2 heterocycles. The Hall–Kier alpha value is -2.35. The molecule has 1 N–H and O–H groups in total. The molecule has 132 valence electrons. The smallest absolute Gasteiger partial charge is 0.270 e. The van der Waals surface area contributed by atoms with Crippen LogP contribution in [0.3, 0.4) is 0 Å². The Bertz CT molecular complexity index is 835. The normalized spacial score (nSPS) is 21.6. The van der Waals surface area contributed by atoms with Gasteiger partial charge >= 0.3 is 0 Å². The molecule has 3 amide bonds. The lowest BCUT2D eigenvalue weighted by Crippen LogP contribution is -2.48. The molecule has 0 unspecified atom stereocenters. The number of nitrogens with one attached hydrogen (secondary N) is 1. The molecule has 0 radical (unpaired) electrons. The van der Waals surface area contributed by atoms with Crippen molar-refractivity contribution in [3.63, 3.8) is 0 Å². The molecule has 1 spiro atoms. The maximum Gasteiger partial charge on any atom is 0.270 e. The molecule has 8 heteroatoms. The summed E-state index contributed by atoms with van der Waals surface area (Å²) in [6.07, 6.45) is 0. The Balaban J connectivity index is 2.24. The Labute approximate surface area is 150 Å². The Morgan fingerprint density at radius 2 is 1.96 bits per heavy atom. The maximum atomic E-state index is 13.4. The zero-order valence-corrected chi connectivity index (χ0v) is 15.7. The second-order valence-corrected chi connectivity index (χ2v) is 7.37. The third-order valence-electron chi connectivity index (χ3n) is 4.25. The second kappa shape index (κ2) is 5.87. The predicted molar refractivity (Wildman–Crippen MR) is 97.0 cm³/mol. The summed E-state index contributed by atoms with van der Waals surface area (Å²) in [5.41, 5.74) is 3.52. The number of amidine groups is 1. The lowest BCUT2D eigenvalue weighted by atomic mass is 10.0. The molecule has 0 fully saturated rings. The number of nitrogens with zero attached hydrogens (tertiary/aromatic N) is 3. The molecule has 25 heavy (non-hydrogen) atoms. The molecular formula is C17H20N4O3S. The van der Waals surface area contributed by atoms with Crippen molar-refractivity contribution in [1.82, 2.24) is 10.3 Å². The molecule has 3 rings (SSSR count). The first kappa shape index (κ1) is 17.5. The van der Waals surface area contributed by atoms with Gasteiger partial charge in [0.2, 0.25) is 16.7 Å². The zero-order chi connectivity index (χ0) is 18.5. The van der Waals surface area contributed by atoms with E-state index >= 15 is 0 Å². The van der Waals surface area contributed by atoms with Crippen LogP contribution in [0.25, 0.3) is 0 Å². The van der Waals surface area contributed by atoms with Crippen LogP contribution in [0.1, 0.15) is 37.5 Å². The van der Waals surface area contributed by atoms with Gasteiger partial charge in [-0.2, -0.15) is 5.01 Å². The zero-order valence-electron chi connectivity index (χ0n) is 14.8. The van der Waals surface area contributed by atoms with Crippen molar-refractivity contribution in [2.24, 2.45) is 5.10 Å². The van der Waals surface area contributed by atoms with Gasteiger partial charge in [0.1, 0.15) is 0 Å². The molecule has 0 aliphatic carbocycles. The minimum atomic E-state index is -1.30. The molecule has 1 aromatic rings. The van der Waals surface area contributed by atoms with Crippen LogP contribution in [0.5, 0.6) is 0 Å². The largest absolute Gasteiger partial charge is 0.309 e. The lowest BCUT2D eigenvalue weighted by molar-refractivity contribution is -0.139. The Morgan fingerprint density at radius 1 is 1.28 bits per heavy atom. The van der Waals surface area contributed by atoms with Crippen LogP contribution >= 0.6 is 11.8 Å². The molecular weight excluding hydrogens is 340 g/mol. The van der Waals surface area contributed by atoms with E-state index in [1.807, 2.05) is 32.9 Å². The number of aryl methyl sites for hydroxylation is 2. The van der Waals surface area contributed by atoms with Crippen molar-refractivity contribution in [3.05, 3.63) is 28.8 Å².